The topological polar surface area (TPSA) is 3.01 Å². The molecular formula is C17H23GeN. The van der Waals surface area contributed by atoms with Crippen molar-refractivity contribution in [2.45, 2.75) is 31.1 Å². The van der Waals surface area contributed by atoms with Crippen molar-refractivity contribution >= 4 is 20.0 Å². The molecule has 1 aromatic carbocycles. The number of allylic oxidation sites excluding steroid dienone is 2. The monoisotopic (exact) mass is 315 g/mol. The van der Waals surface area contributed by atoms with E-state index >= 15 is 0 Å². The van der Waals surface area contributed by atoms with Crippen molar-refractivity contribution < 1.29 is 4.58 Å². The van der Waals surface area contributed by atoms with Gasteiger partial charge in [0.1, 0.15) is 0 Å². The zero-order valence-electron chi connectivity index (χ0n) is 12.6. The van der Waals surface area contributed by atoms with Gasteiger partial charge in [0.15, 0.2) is 0 Å². The van der Waals surface area contributed by atoms with E-state index in [1.165, 1.54) is 27.1 Å². The quantitative estimate of drug-likeness (QED) is 0.435. The first kappa shape index (κ1) is 14.2. The molecule has 0 saturated carbocycles. The van der Waals surface area contributed by atoms with Gasteiger partial charge in [-0.3, -0.25) is 0 Å². The van der Waals surface area contributed by atoms with Gasteiger partial charge >= 0.3 is 119 Å². The normalized spacial score (nSPS) is 16.3. The van der Waals surface area contributed by atoms with Gasteiger partial charge in [-0.2, -0.15) is 0 Å². The van der Waals surface area contributed by atoms with E-state index in [2.05, 4.69) is 74.4 Å². The summed E-state index contributed by atoms with van der Waals surface area (Å²) in [6.07, 6.45) is 4.54. The first-order valence-electron chi connectivity index (χ1n) is 6.74. The first-order chi connectivity index (χ1) is 8.80. The average molecular weight is 314 g/mol. The summed E-state index contributed by atoms with van der Waals surface area (Å²) in [5.41, 5.74) is 3.98. The maximum atomic E-state index is 4.20. The SMILES string of the molecule is C=[N+]1C=[C]([Ge]([CH3])([CH3])[CH3])C(C)=C[C-]1c1ccccc1C. The van der Waals surface area contributed by atoms with Gasteiger partial charge in [0.2, 0.25) is 0 Å². The van der Waals surface area contributed by atoms with E-state index < -0.39 is 13.3 Å². The Bertz CT molecular complexity index is 573. The Hall–Kier alpha value is -1.22. The summed E-state index contributed by atoms with van der Waals surface area (Å²) in [6.45, 7) is 8.58. The Morgan fingerprint density at radius 2 is 1.74 bits per heavy atom. The Morgan fingerprint density at radius 1 is 1.11 bits per heavy atom. The van der Waals surface area contributed by atoms with Crippen LogP contribution >= 0.6 is 0 Å². The van der Waals surface area contributed by atoms with Gasteiger partial charge in [-0.15, -0.1) is 0 Å². The van der Waals surface area contributed by atoms with Gasteiger partial charge in [-0.1, -0.05) is 0 Å². The second-order valence-electron chi connectivity index (χ2n) is 6.29. The zero-order chi connectivity index (χ0) is 14.2. The van der Waals surface area contributed by atoms with E-state index in [0.717, 1.165) is 0 Å². The van der Waals surface area contributed by atoms with Crippen LogP contribution in [0.1, 0.15) is 18.1 Å². The summed E-state index contributed by atoms with van der Waals surface area (Å²) in [4.78, 5) is 0. The molecule has 1 aliphatic rings. The van der Waals surface area contributed by atoms with Crippen molar-refractivity contribution in [1.29, 1.82) is 0 Å². The van der Waals surface area contributed by atoms with Gasteiger partial charge in [0, 0.05) is 0 Å². The molecule has 2 rings (SSSR count). The van der Waals surface area contributed by atoms with Crippen LogP contribution in [0.2, 0.25) is 17.3 Å². The molecule has 0 amide bonds. The Kier molecular flexibility index (Phi) is 3.77. The van der Waals surface area contributed by atoms with Crippen molar-refractivity contribution in [3.05, 3.63) is 63.7 Å². The van der Waals surface area contributed by atoms with Crippen LogP contribution in [0.25, 0.3) is 0 Å². The van der Waals surface area contributed by atoms with Crippen molar-refractivity contribution in [1.82, 2.24) is 0 Å². The molecule has 0 radical (unpaired) electrons. The fourth-order valence-corrected chi connectivity index (χ4v) is 6.34. The number of aryl methyl sites for hydroxylation is 1. The Labute approximate surface area is 119 Å². The van der Waals surface area contributed by atoms with E-state index in [1.54, 1.807) is 0 Å². The van der Waals surface area contributed by atoms with Crippen LogP contribution in [-0.2, 0) is 0 Å². The van der Waals surface area contributed by atoms with Crippen molar-refractivity contribution in [3.8, 4) is 0 Å². The molecule has 0 spiro atoms. The van der Waals surface area contributed by atoms with Gasteiger partial charge < -0.3 is 0 Å². The molecule has 0 atom stereocenters. The van der Waals surface area contributed by atoms with E-state index in [0.29, 0.717) is 0 Å². The average Bonchev–Trinajstić information content (AvgIpc) is 2.31. The van der Waals surface area contributed by atoms with Crippen LogP contribution in [0.15, 0.2) is 46.5 Å². The number of hydrogen-bond acceptors (Lipinski definition) is 0. The number of benzene rings is 1. The predicted octanol–water partition coefficient (Wildman–Crippen LogP) is 4.31. The van der Waals surface area contributed by atoms with Crippen LogP contribution in [0.5, 0.6) is 0 Å². The van der Waals surface area contributed by atoms with Crippen LogP contribution in [0.4, 0.5) is 0 Å². The minimum atomic E-state index is -1.82. The molecule has 100 valence electrons. The van der Waals surface area contributed by atoms with E-state index in [1.807, 2.05) is 4.58 Å². The molecule has 0 aromatic heterocycles. The van der Waals surface area contributed by atoms with Crippen LogP contribution < -0.4 is 0 Å². The molecule has 1 aromatic rings. The molecule has 0 unspecified atom stereocenters. The van der Waals surface area contributed by atoms with Crippen LogP contribution in [0.3, 0.4) is 0 Å². The van der Waals surface area contributed by atoms with E-state index in [-0.39, 0.29) is 0 Å². The summed E-state index contributed by atoms with van der Waals surface area (Å²) in [7, 11) is 0. The van der Waals surface area contributed by atoms with Gasteiger partial charge in [-0.25, -0.2) is 0 Å². The molecule has 1 nitrogen and oxygen atoms in total. The molecular weight excluding hydrogens is 291 g/mol. The second kappa shape index (κ2) is 5.05. The van der Waals surface area contributed by atoms with Crippen molar-refractivity contribution in [2.24, 2.45) is 0 Å². The molecule has 1 aliphatic heterocycles. The third-order valence-electron chi connectivity index (χ3n) is 3.60. The van der Waals surface area contributed by atoms with Crippen LogP contribution in [-0.4, -0.2) is 24.6 Å². The van der Waals surface area contributed by atoms with E-state index in [9.17, 15) is 0 Å². The standard InChI is InChI=1S/C17H23GeN/c1-13-9-7-8-10-15(13)17-11-14(2)16(12-19(17)6)18(3,4)5/h7-12H,6H2,1-5H3. The Balaban J connectivity index is 2.43. The third-order valence-corrected chi connectivity index (χ3v) is 8.09. The number of hydrogen-bond donors (Lipinski definition) is 0. The van der Waals surface area contributed by atoms with E-state index in [4.69, 9.17) is 0 Å². The second-order valence-corrected chi connectivity index (χ2v) is 16.9. The minimum absolute atomic E-state index is 1.20. The maximum absolute atomic E-state index is 4.20. The fourth-order valence-electron chi connectivity index (χ4n) is 2.57. The molecule has 0 bridgehead atoms. The molecule has 2 heteroatoms. The summed E-state index contributed by atoms with van der Waals surface area (Å²) >= 11 is -1.82. The fraction of sp³-hybridized carbons (Fsp3) is 0.294. The summed E-state index contributed by atoms with van der Waals surface area (Å²) in [5.74, 6) is 7.28. The van der Waals surface area contributed by atoms with Gasteiger partial charge in [0.25, 0.3) is 0 Å². The molecule has 0 aliphatic carbocycles. The van der Waals surface area contributed by atoms with Crippen LogP contribution in [0, 0.1) is 13.0 Å². The summed E-state index contributed by atoms with van der Waals surface area (Å²) in [6, 6.07) is 9.70. The molecule has 1 heterocycles. The summed E-state index contributed by atoms with van der Waals surface area (Å²) < 4.78 is 3.58. The third kappa shape index (κ3) is 2.86. The molecule has 0 saturated heterocycles. The number of rotatable bonds is 2. The first-order valence-corrected chi connectivity index (χ1v) is 14.1. The predicted molar refractivity (Wildman–Crippen MR) is 86.1 cm³/mol. The molecule has 0 fully saturated rings. The molecule has 19 heavy (non-hydrogen) atoms. The Morgan fingerprint density at radius 3 is 2.32 bits per heavy atom. The summed E-state index contributed by atoms with van der Waals surface area (Å²) in [5, 5.41) is 0. The van der Waals surface area contributed by atoms with Crippen molar-refractivity contribution in [2.75, 3.05) is 0 Å². The van der Waals surface area contributed by atoms with Gasteiger partial charge in [-0.05, 0) is 0 Å². The number of nitrogens with zero attached hydrogens (tertiary/aromatic N) is 1. The zero-order valence-corrected chi connectivity index (χ0v) is 14.7. The van der Waals surface area contributed by atoms with Crippen molar-refractivity contribution in [3.63, 3.8) is 0 Å². The van der Waals surface area contributed by atoms with Gasteiger partial charge in [0.05, 0.1) is 0 Å². The molecule has 0 N–H and O–H groups in total.